The summed E-state index contributed by atoms with van der Waals surface area (Å²) >= 11 is -1.99. The molecule has 0 unspecified atom stereocenters. The molecule has 1 aliphatic rings. The summed E-state index contributed by atoms with van der Waals surface area (Å²) in [6, 6.07) is 1.32. The third kappa shape index (κ3) is 3.96. The fraction of sp³-hybridized carbons (Fsp3) is 1.00. The Kier molecular flexibility index (Phi) is 6.25. The minimum atomic E-state index is -1.99. The predicted octanol–water partition coefficient (Wildman–Crippen LogP) is 4.04. The summed E-state index contributed by atoms with van der Waals surface area (Å²) in [5.41, 5.74) is 0.456. The van der Waals surface area contributed by atoms with E-state index in [0.29, 0.717) is 18.2 Å². The second kappa shape index (κ2) is 6.66. The zero-order valence-corrected chi connectivity index (χ0v) is 19.1. The van der Waals surface area contributed by atoms with E-state index in [1.165, 1.54) is 6.42 Å². The van der Waals surface area contributed by atoms with Crippen molar-refractivity contribution in [3.8, 4) is 0 Å². The fourth-order valence-electron chi connectivity index (χ4n) is 3.86. The molecule has 0 aliphatic carbocycles. The Bertz CT molecular complexity index is 311. The van der Waals surface area contributed by atoms with Crippen molar-refractivity contribution >= 4 is 20.6 Å². The molecule has 0 atom stereocenters. The Morgan fingerprint density at radius 2 is 1.19 bits per heavy atom. The topological polar surface area (TPSA) is 9.72 Å². The first-order valence-electron chi connectivity index (χ1n) is 8.58. The Morgan fingerprint density at radius 1 is 0.857 bits per heavy atom. The van der Waals surface area contributed by atoms with Crippen LogP contribution in [0.3, 0.4) is 0 Å². The molecule has 1 radical (unpaired) electrons. The van der Waals surface area contributed by atoms with E-state index in [1.807, 2.05) is 0 Å². The van der Waals surface area contributed by atoms with E-state index >= 15 is 0 Å². The molecule has 4 heteroatoms. The quantitative estimate of drug-likeness (QED) is 0.657. The molecule has 1 aliphatic heterocycles. The van der Waals surface area contributed by atoms with Gasteiger partial charge in [-0.2, -0.15) is 0 Å². The molecule has 1 rings (SSSR count). The van der Waals surface area contributed by atoms with E-state index in [-0.39, 0.29) is 11.1 Å². The molecule has 1 saturated heterocycles. The van der Waals surface area contributed by atoms with Crippen LogP contribution < -0.4 is 0 Å². The van der Waals surface area contributed by atoms with Crippen molar-refractivity contribution in [1.29, 1.82) is 0 Å². The third-order valence-electron chi connectivity index (χ3n) is 4.12. The van der Waals surface area contributed by atoms with Crippen molar-refractivity contribution in [3.63, 3.8) is 0 Å². The molecule has 3 nitrogen and oxygen atoms in total. The Balaban J connectivity index is 3.25. The van der Waals surface area contributed by atoms with Crippen LogP contribution in [0.25, 0.3) is 0 Å². The fourth-order valence-corrected chi connectivity index (χ4v) is 14.8. The van der Waals surface area contributed by atoms with Gasteiger partial charge in [0.2, 0.25) is 0 Å². The summed E-state index contributed by atoms with van der Waals surface area (Å²) in [6.07, 6.45) is 1.90. The molecule has 0 aromatic carbocycles. The maximum absolute atomic E-state index is 2.89. The number of nitrogens with zero attached hydrogens (tertiary/aromatic N) is 3. The summed E-state index contributed by atoms with van der Waals surface area (Å²) in [4.78, 5) is 0. The summed E-state index contributed by atoms with van der Waals surface area (Å²) < 4.78 is 8.66. The van der Waals surface area contributed by atoms with Crippen molar-refractivity contribution in [1.82, 2.24) is 9.36 Å². The molecule has 0 spiro atoms. The van der Waals surface area contributed by atoms with Gasteiger partial charge in [0.05, 0.1) is 0 Å². The van der Waals surface area contributed by atoms with Gasteiger partial charge in [0, 0.05) is 0 Å². The zero-order valence-electron chi connectivity index (χ0n) is 16.3. The van der Waals surface area contributed by atoms with Crippen LogP contribution in [0.5, 0.6) is 0 Å². The van der Waals surface area contributed by atoms with E-state index in [2.05, 4.69) is 85.5 Å². The van der Waals surface area contributed by atoms with Gasteiger partial charge < -0.3 is 0 Å². The van der Waals surface area contributed by atoms with Crippen molar-refractivity contribution in [2.45, 2.75) is 112 Å². The van der Waals surface area contributed by atoms with Crippen molar-refractivity contribution in [2.24, 2.45) is 0 Å². The zero-order chi connectivity index (χ0) is 16.7. The van der Waals surface area contributed by atoms with Gasteiger partial charge in [0.15, 0.2) is 0 Å². The van der Waals surface area contributed by atoms with Crippen molar-refractivity contribution in [3.05, 3.63) is 0 Å². The number of hydrogen-bond donors (Lipinski definition) is 0. The first-order chi connectivity index (χ1) is 9.34. The Labute approximate surface area is 141 Å². The molecular weight excluding hydrogens is 365 g/mol. The van der Waals surface area contributed by atoms with E-state index < -0.39 is 20.6 Å². The van der Waals surface area contributed by atoms with E-state index in [1.54, 1.807) is 0 Å². The average molecular weight is 403 g/mol. The minimum absolute atomic E-state index is 0.228. The van der Waals surface area contributed by atoms with Crippen molar-refractivity contribution in [2.75, 3.05) is 0 Å². The molecule has 1 heterocycles. The number of hydrogen-bond acceptors (Lipinski definition) is 3. The van der Waals surface area contributed by atoms with E-state index in [9.17, 15) is 0 Å². The Morgan fingerprint density at radius 3 is 1.38 bits per heavy atom. The van der Waals surface area contributed by atoms with Gasteiger partial charge in [-0.05, 0) is 0 Å². The second-order valence-electron chi connectivity index (χ2n) is 8.87. The molecule has 125 valence electrons. The Hall–Kier alpha value is 0.679. The number of rotatable bonds is 4. The first kappa shape index (κ1) is 19.7. The standard InChI is InChI=1S/C9H20N2.C8H18N.Sn/c1-6-9(10-7(2)3)11-8(4)5;1-7(2,3)9-8(4,5)6;/h7-9H,6H2,1-5H3;1-6H3;/q-2;-1;+3. The summed E-state index contributed by atoms with van der Waals surface area (Å²) in [5.74, 6) is 0. The van der Waals surface area contributed by atoms with Gasteiger partial charge >= 0.3 is 142 Å². The molecule has 21 heavy (non-hydrogen) atoms. The summed E-state index contributed by atoms with van der Waals surface area (Å²) in [5, 5.41) is 0. The van der Waals surface area contributed by atoms with Crippen LogP contribution in [0, 0.1) is 0 Å². The van der Waals surface area contributed by atoms with E-state index in [0.717, 1.165) is 0 Å². The van der Waals surface area contributed by atoms with Crippen LogP contribution in [0.4, 0.5) is 0 Å². The molecule has 0 aromatic rings. The van der Waals surface area contributed by atoms with Crippen LogP contribution in [0.1, 0.15) is 82.6 Å². The van der Waals surface area contributed by atoms with Crippen LogP contribution in [-0.2, 0) is 0 Å². The van der Waals surface area contributed by atoms with E-state index in [4.69, 9.17) is 0 Å². The maximum atomic E-state index is 2.89. The average Bonchev–Trinajstić information content (AvgIpc) is 2.17. The SMILES string of the molecule is CCC1[N](C(C)C)[Sn]([N](C(C)(C)C)C(C)(C)C)[N]1C(C)C. The van der Waals surface area contributed by atoms with Gasteiger partial charge in [-0.1, -0.05) is 0 Å². The molecule has 0 amide bonds. The molecule has 1 fully saturated rings. The molecule has 0 bridgehead atoms. The molecule has 0 aromatic heterocycles. The predicted molar refractivity (Wildman–Crippen MR) is 95.1 cm³/mol. The normalized spacial score (nSPS) is 20.9. The van der Waals surface area contributed by atoms with Crippen LogP contribution in [0.15, 0.2) is 0 Å². The third-order valence-corrected chi connectivity index (χ3v) is 16.4. The van der Waals surface area contributed by atoms with Gasteiger partial charge in [0.25, 0.3) is 0 Å². The van der Waals surface area contributed by atoms with Gasteiger partial charge in [-0.3, -0.25) is 0 Å². The van der Waals surface area contributed by atoms with Crippen LogP contribution in [-0.4, -0.2) is 59.3 Å². The van der Waals surface area contributed by atoms with Gasteiger partial charge in [0.1, 0.15) is 0 Å². The van der Waals surface area contributed by atoms with Gasteiger partial charge in [-0.25, -0.2) is 0 Å². The molecular formula is C17H38N3Sn. The first-order valence-corrected chi connectivity index (χ1v) is 12.4. The van der Waals surface area contributed by atoms with Crippen molar-refractivity contribution < 1.29 is 0 Å². The van der Waals surface area contributed by atoms with Crippen LogP contribution >= 0.6 is 0 Å². The summed E-state index contributed by atoms with van der Waals surface area (Å²) in [6.45, 7) is 26.2. The molecule has 0 saturated carbocycles. The monoisotopic (exact) mass is 404 g/mol. The van der Waals surface area contributed by atoms with Gasteiger partial charge in [-0.15, -0.1) is 0 Å². The molecule has 0 N–H and O–H groups in total. The second-order valence-corrected chi connectivity index (χ2v) is 14.8. The van der Waals surface area contributed by atoms with Crippen LogP contribution in [0.2, 0.25) is 0 Å². The summed E-state index contributed by atoms with van der Waals surface area (Å²) in [7, 11) is 0.